The minimum absolute atomic E-state index is 0.583. The Morgan fingerprint density at radius 1 is 0.923 bits per heavy atom. The third-order valence-corrected chi connectivity index (χ3v) is 3.18. The maximum absolute atomic E-state index is 12.7. The first-order chi connectivity index (χ1) is 11.1. The number of halogens is 12. The monoisotopic (exact) mass is 439 g/mol. The molecule has 158 valence electrons. The molecule has 26 heavy (non-hydrogen) atoms. The highest BCUT2D eigenvalue weighted by Gasteiger charge is 2.87. The van der Waals surface area contributed by atoms with Crippen molar-refractivity contribution in [3.63, 3.8) is 0 Å². The summed E-state index contributed by atoms with van der Waals surface area (Å²) in [5, 5.41) is -7.34. The molecule has 0 aromatic heterocycles. The fourth-order valence-corrected chi connectivity index (χ4v) is 1.37. The maximum atomic E-state index is 12.7. The number of nitrogens with two attached hydrogens (primary N) is 1. The first-order valence-electron chi connectivity index (χ1n) is 5.57. The molecule has 1 atom stereocenters. The van der Waals surface area contributed by atoms with Crippen LogP contribution >= 0.6 is 0 Å². The highest BCUT2D eigenvalue weighted by atomic mass is 32.2. The number of alkyl halides is 12. The standard InChI is InChI=1S/C6H2F12O3S.C3H7N/c7-1(3(10,11)12)2(8,9)4(13,14)5(15,16)6(17,18)22(19,20)21;1-2-3-4/h1H,(H,19,20,21);2H,1,3-4H2. The second kappa shape index (κ2) is 7.79. The number of hydrogen-bond acceptors (Lipinski definition) is 3. The van der Waals surface area contributed by atoms with E-state index in [0.717, 1.165) is 0 Å². The van der Waals surface area contributed by atoms with Crippen LogP contribution in [0.5, 0.6) is 0 Å². The van der Waals surface area contributed by atoms with Crippen LogP contribution < -0.4 is 5.73 Å². The SMILES string of the molecule is C=CCN.O=S(=O)(O)C(F)(F)C(F)(F)C(F)(F)C(F)(F)C(F)C(F)(F)F. The zero-order chi connectivity index (χ0) is 22.0. The van der Waals surface area contributed by atoms with Crippen LogP contribution in [-0.4, -0.2) is 54.9 Å². The summed E-state index contributed by atoms with van der Waals surface area (Å²) in [5.41, 5.74) is 4.91. The van der Waals surface area contributed by atoms with Crippen molar-refractivity contribution in [1.29, 1.82) is 0 Å². The van der Waals surface area contributed by atoms with Gasteiger partial charge in [0, 0.05) is 6.54 Å². The van der Waals surface area contributed by atoms with Crippen LogP contribution in [0.25, 0.3) is 0 Å². The molecular formula is C9H9F12NO3S. The van der Waals surface area contributed by atoms with Gasteiger partial charge >= 0.3 is 39.3 Å². The van der Waals surface area contributed by atoms with Gasteiger partial charge in [-0.05, 0) is 0 Å². The molecule has 0 fully saturated rings. The molecule has 0 aromatic rings. The first-order valence-corrected chi connectivity index (χ1v) is 7.01. The van der Waals surface area contributed by atoms with Gasteiger partial charge in [-0.25, -0.2) is 4.39 Å². The Morgan fingerprint density at radius 2 is 1.23 bits per heavy atom. The smallest absolute Gasteiger partial charge is 0.327 e. The van der Waals surface area contributed by atoms with E-state index in [2.05, 4.69) is 6.58 Å². The molecule has 0 aliphatic rings. The summed E-state index contributed by atoms with van der Waals surface area (Å²) in [6.07, 6.45) is -11.2. The Morgan fingerprint density at radius 3 is 1.42 bits per heavy atom. The molecule has 0 aromatic carbocycles. The molecule has 17 heteroatoms. The highest BCUT2D eigenvalue weighted by Crippen LogP contribution is 2.56. The van der Waals surface area contributed by atoms with E-state index >= 15 is 0 Å². The summed E-state index contributed by atoms with van der Waals surface area (Å²) in [4.78, 5) is 0. The van der Waals surface area contributed by atoms with Crippen LogP contribution in [0.2, 0.25) is 0 Å². The van der Waals surface area contributed by atoms with Gasteiger partial charge in [-0.3, -0.25) is 4.55 Å². The molecule has 0 bridgehead atoms. The lowest BCUT2D eigenvalue weighted by atomic mass is 10.00. The van der Waals surface area contributed by atoms with Gasteiger partial charge in [-0.1, -0.05) is 6.08 Å². The lowest BCUT2D eigenvalue weighted by Crippen LogP contribution is -2.68. The predicted octanol–water partition coefficient (Wildman–Crippen LogP) is 3.40. The van der Waals surface area contributed by atoms with Crippen LogP contribution in [-0.2, 0) is 10.1 Å². The van der Waals surface area contributed by atoms with Crippen molar-refractivity contribution in [3.05, 3.63) is 12.7 Å². The number of rotatable bonds is 6. The minimum Gasteiger partial charge on any atom is -0.327 e. The molecule has 0 spiro atoms. The maximum Gasteiger partial charge on any atom is 0.438 e. The van der Waals surface area contributed by atoms with E-state index in [4.69, 9.17) is 10.3 Å². The summed E-state index contributed by atoms with van der Waals surface area (Å²) in [6, 6.07) is 0. The summed E-state index contributed by atoms with van der Waals surface area (Å²) in [6.45, 7) is 3.94. The quantitative estimate of drug-likeness (QED) is 0.378. The zero-order valence-electron chi connectivity index (χ0n) is 11.9. The Bertz CT molecular complexity index is 585. The van der Waals surface area contributed by atoms with Crippen molar-refractivity contribution < 1.29 is 65.7 Å². The summed E-state index contributed by atoms with van der Waals surface area (Å²) >= 11 is 0. The minimum atomic E-state index is -7.84. The highest BCUT2D eigenvalue weighted by molar-refractivity contribution is 7.87. The van der Waals surface area contributed by atoms with Crippen molar-refractivity contribution in [3.8, 4) is 0 Å². The average Bonchev–Trinajstić information content (AvgIpc) is 2.43. The molecule has 0 heterocycles. The van der Waals surface area contributed by atoms with Crippen molar-refractivity contribution >= 4 is 10.1 Å². The van der Waals surface area contributed by atoms with E-state index in [9.17, 15) is 61.1 Å². The van der Waals surface area contributed by atoms with Crippen LogP contribution in [0, 0.1) is 0 Å². The van der Waals surface area contributed by atoms with Gasteiger partial charge in [0.15, 0.2) is 0 Å². The lowest BCUT2D eigenvalue weighted by Gasteiger charge is -2.36. The van der Waals surface area contributed by atoms with Crippen molar-refractivity contribution in [2.24, 2.45) is 5.73 Å². The van der Waals surface area contributed by atoms with Gasteiger partial charge < -0.3 is 5.73 Å². The van der Waals surface area contributed by atoms with Crippen molar-refractivity contribution in [2.45, 2.75) is 35.4 Å². The molecule has 0 amide bonds. The zero-order valence-corrected chi connectivity index (χ0v) is 12.7. The van der Waals surface area contributed by atoms with Crippen molar-refractivity contribution in [2.75, 3.05) is 6.54 Å². The van der Waals surface area contributed by atoms with Gasteiger partial charge in [0.1, 0.15) is 0 Å². The average molecular weight is 439 g/mol. The molecule has 0 rings (SSSR count). The van der Waals surface area contributed by atoms with E-state index in [0.29, 0.717) is 6.54 Å². The molecule has 0 radical (unpaired) electrons. The summed E-state index contributed by atoms with van der Waals surface area (Å²) in [7, 11) is -7.47. The normalized spacial score (nSPS) is 15.8. The molecule has 0 aliphatic heterocycles. The van der Waals surface area contributed by atoms with E-state index in [1.807, 2.05) is 0 Å². The van der Waals surface area contributed by atoms with Gasteiger partial charge in [-0.15, -0.1) is 6.58 Å². The fraction of sp³-hybridized carbons (Fsp3) is 0.778. The van der Waals surface area contributed by atoms with E-state index in [-0.39, 0.29) is 0 Å². The molecule has 4 nitrogen and oxygen atoms in total. The van der Waals surface area contributed by atoms with Crippen LogP contribution in [0.4, 0.5) is 52.7 Å². The third-order valence-electron chi connectivity index (χ3n) is 2.27. The Hall–Kier alpha value is -1.23. The molecule has 0 aliphatic carbocycles. The topological polar surface area (TPSA) is 80.4 Å². The Kier molecular flexibility index (Phi) is 8.09. The molecule has 1 unspecified atom stereocenters. The molecule has 0 saturated heterocycles. The Labute approximate surface area is 137 Å². The lowest BCUT2D eigenvalue weighted by molar-refractivity contribution is -0.380. The van der Waals surface area contributed by atoms with Crippen LogP contribution in [0.1, 0.15) is 0 Å². The fourth-order valence-electron chi connectivity index (χ4n) is 0.919. The summed E-state index contributed by atoms with van der Waals surface area (Å²) < 4.78 is 175. The van der Waals surface area contributed by atoms with E-state index < -0.39 is 45.5 Å². The third kappa shape index (κ3) is 4.73. The van der Waals surface area contributed by atoms with Crippen molar-refractivity contribution in [1.82, 2.24) is 0 Å². The molecule has 3 N–H and O–H groups in total. The Balaban J connectivity index is 0. The van der Waals surface area contributed by atoms with Gasteiger partial charge in [0.05, 0.1) is 0 Å². The van der Waals surface area contributed by atoms with E-state index in [1.54, 1.807) is 6.08 Å². The second-order valence-corrected chi connectivity index (χ2v) is 5.66. The van der Waals surface area contributed by atoms with Gasteiger partial charge in [-0.2, -0.15) is 56.7 Å². The van der Waals surface area contributed by atoms with Gasteiger partial charge in [0.2, 0.25) is 0 Å². The van der Waals surface area contributed by atoms with Crippen LogP contribution in [0.15, 0.2) is 12.7 Å². The molecule has 0 saturated carbocycles. The largest absolute Gasteiger partial charge is 0.438 e. The van der Waals surface area contributed by atoms with Crippen LogP contribution in [0.3, 0.4) is 0 Å². The molecular weight excluding hydrogens is 430 g/mol. The number of hydrogen-bond donors (Lipinski definition) is 2. The van der Waals surface area contributed by atoms with Gasteiger partial charge in [0.25, 0.3) is 6.17 Å². The van der Waals surface area contributed by atoms with E-state index in [1.165, 1.54) is 0 Å². The first kappa shape index (κ1) is 27.0. The summed E-state index contributed by atoms with van der Waals surface area (Å²) in [5.74, 6) is -23.1. The predicted molar refractivity (Wildman–Crippen MR) is 61.5 cm³/mol. The second-order valence-electron chi connectivity index (χ2n) is 4.19.